The normalized spacial score (nSPS) is 11.8. The molecule has 1 amide bonds. The van der Waals surface area contributed by atoms with Gasteiger partial charge in [0, 0.05) is 28.7 Å². The summed E-state index contributed by atoms with van der Waals surface area (Å²) in [4.78, 5) is 16.7. The molecule has 31 heavy (non-hydrogen) atoms. The van der Waals surface area contributed by atoms with Crippen molar-refractivity contribution < 1.29 is 4.79 Å². The third-order valence-electron chi connectivity index (χ3n) is 4.67. The molecule has 0 aliphatic heterocycles. The molecule has 0 fully saturated rings. The van der Waals surface area contributed by atoms with E-state index in [1.54, 1.807) is 12.4 Å². The predicted molar refractivity (Wildman–Crippen MR) is 123 cm³/mol. The number of benzene rings is 2. The van der Waals surface area contributed by atoms with Gasteiger partial charge in [0.1, 0.15) is 0 Å². The number of rotatable bonds is 7. The van der Waals surface area contributed by atoms with Crippen LogP contribution in [0, 0.1) is 0 Å². The van der Waals surface area contributed by atoms with Crippen LogP contribution in [0.1, 0.15) is 18.5 Å². The van der Waals surface area contributed by atoms with Crippen molar-refractivity contribution in [2.45, 2.75) is 18.1 Å². The van der Waals surface area contributed by atoms with Gasteiger partial charge in [0.25, 0.3) is 0 Å². The molecular weight excluding hydrogens is 430 g/mol. The molecule has 6 nitrogen and oxygen atoms in total. The molecule has 2 aromatic carbocycles. The van der Waals surface area contributed by atoms with Crippen molar-refractivity contribution in [3.05, 3.63) is 89.7 Å². The van der Waals surface area contributed by atoms with Crippen LogP contribution < -0.4 is 5.32 Å². The fourth-order valence-corrected chi connectivity index (χ4v) is 4.24. The van der Waals surface area contributed by atoms with Gasteiger partial charge in [-0.1, -0.05) is 59.8 Å². The Morgan fingerprint density at radius 1 is 1.03 bits per heavy atom. The molecule has 0 radical (unpaired) electrons. The van der Waals surface area contributed by atoms with Gasteiger partial charge < -0.3 is 5.32 Å². The molecule has 1 unspecified atom stereocenters. The summed E-state index contributed by atoms with van der Waals surface area (Å²) in [5.41, 5.74) is 2.71. The molecule has 2 heterocycles. The second-order valence-corrected chi connectivity index (χ2v) is 8.16. The Hall–Kier alpha value is -3.16. The number of carbonyl (C=O) groups is 1. The van der Waals surface area contributed by atoms with Gasteiger partial charge in [0.2, 0.25) is 5.91 Å². The van der Waals surface area contributed by atoms with E-state index in [0.29, 0.717) is 16.0 Å². The van der Waals surface area contributed by atoms with Gasteiger partial charge in [-0.2, -0.15) is 0 Å². The van der Waals surface area contributed by atoms with Gasteiger partial charge >= 0.3 is 0 Å². The van der Waals surface area contributed by atoms with Crippen molar-refractivity contribution in [2.75, 3.05) is 5.75 Å². The Labute approximate surface area is 189 Å². The van der Waals surface area contributed by atoms with E-state index in [4.69, 9.17) is 11.6 Å². The number of hydrogen-bond donors (Lipinski definition) is 1. The molecule has 0 spiro atoms. The van der Waals surface area contributed by atoms with Crippen molar-refractivity contribution in [3.63, 3.8) is 0 Å². The van der Waals surface area contributed by atoms with Gasteiger partial charge in [-0.25, -0.2) is 0 Å². The van der Waals surface area contributed by atoms with E-state index >= 15 is 0 Å². The first-order valence-electron chi connectivity index (χ1n) is 9.71. The first kappa shape index (κ1) is 21.1. The van der Waals surface area contributed by atoms with E-state index in [2.05, 4.69) is 20.5 Å². The van der Waals surface area contributed by atoms with Crippen LogP contribution in [0.4, 0.5) is 0 Å². The topological polar surface area (TPSA) is 72.7 Å². The third-order valence-corrected chi connectivity index (χ3v) is 5.94. The summed E-state index contributed by atoms with van der Waals surface area (Å²) in [7, 11) is 0. The molecule has 1 N–H and O–H groups in total. The van der Waals surface area contributed by atoms with Crippen molar-refractivity contribution in [2.24, 2.45) is 0 Å². The van der Waals surface area contributed by atoms with Crippen molar-refractivity contribution in [3.8, 4) is 17.1 Å². The zero-order valence-corrected chi connectivity index (χ0v) is 18.3. The van der Waals surface area contributed by atoms with E-state index in [1.165, 1.54) is 11.8 Å². The number of nitrogens with zero attached hydrogens (tertiary/aromatic N) is 4. The Balaban J connectivity index is 1.53. The maximum Gasteiger partial charge on any atom is 0.230 e. The van der Waals surface area contributed by atoms with Crippen LogP contribution in [0.3, 0.4) is 0 Å². The minimum absolute atomic E-state index is 0.106. The summed E-state index contributed by atoms with van der Waals surface area (Å²) in [6, 6.07) is 20.9. The molecule has 4 rings (SSSR count). The van der Waals surface area contributed by atoms with Gasteiger partial charge in [-0.3, -0.25) is 14.3 Å². The molecule has 0 bridgehead atoms. The number of para-hydroxylation sites is 1. The van der Waals surface area contributed by atoms with E-state index in [1.807, 2.05) is 78.2 Å². The Morgan fingerprint density at radius 3 is 2.48 bits per heavy atom. The molecule has 8 heteroatoms. The number of halogens is 1. The number of amides is 1. The summed E-state index contributed by atoms with van der Waals surface area (Å²) >= 11 is 7.58. The lowest BCUT2D eigenvalue weighted by atomic mass is 10.1. The zero-order valence-electron chi connectivity index (χ0n) is 16.8. The van der Waals surface area contributed by atoms with E-state index in [-0.39, 0.29) is 17.7 Å². The number of pyridine rings is 1. The number of thioether (sulfide) groups is 1. The second kappa shape index (κ2) is 9.76. The van der Waals surface area contributed by atoms with Gasteiger partial charge in [-0.15, -0.1) is 10.2 Å². The molecule has 156 valence electrons. The quantitative estimate of drug-likeness (QED) is 0.404. The van der Waals surface area contributed by atoms with Gasteiger partial charge in [0.05, 0.1) is 11.8 Å². The number of nitrogens with one attached hydrogen (secondary N) is 1. The Morgan fingerprint density at radius 2 is 1.74 bits per heavy atom. The average Bonchev–Trinajstić information content (AvgIpc) is 3.23. The Kier molecular flexibility index (Phi) is 6.64. The van der Waals surface area contributed by atoms with Crippen LogP contribution in [-0.4, -0.2) is 31.4 Å². The number of carbonyl (C=O) groups excluding carboxylic acids is 1. The van der Waals surface area contributed by atoms with Crippen LogP contribution in [0.25, 0.3) is 17.1 Å². The summed E-state index contributed by atoms with van der Waals surface area (Å²) < 4.78 is 1.95. The highest BCUT2D eigenvalue weighted by Gasteiger charge is 2.18. The maximum atomic E-state index is 12.6. The predicted octanol–water partition coefficient (Wildman–Crippen LogP) is 4.95. The molecule has 0 aliphatic rings. The summed E-state index contributed by atoms with van der Waals surface area (Å²) in [5, 5.41) is 13.0. The molecule has 0 aliphatic carbocycles. The van der Waals surface area contributed by atoms with Crippen molar-refractivity contribution in [1.29, 1.82) is 0 Å². The Bertz CT molecular complexity index is 1170. The molecular formula is C23H20ClN5OS. The second-order valence-electron chi connectivity index (χ2n) is 6.81. The third kappa shape index (κ3) is 4.95. The molecule has 1 atom stereocenters. The summed E-state index contributed by atoms with van der Waals surface area (Å²) in [6.07, 6.45) is 3.44. The van der Waals surface area contributed by atoms with Crippen molar-refractivity contribution >= 4 is 29.3 Å². The first-order chi connectivity index (χ1) is 15.1. The molecule has 0 saturated carbocycles. The van der Waals surface area contributed by atoms with Crippen LogP contribution in [-0.2, 0) is 4.79 Å². The lowest BCUT2D eigenvalue weighted by Crippen LogP contribution is -2.28. The molecule has 4 aromatic rings. The van der Waals surface area contributed by atoms with Gasteiger partial charge in [-0.05, 0) is 42.8 Å². The largest absolute Gasteiger partial charge is 0.349 e. The average molecular weight is 450 g/mol. The minimum Gasteiger partial charge on any atom is -0.349 e. The number of hydrogen-bond acceptors (Lipinski definition) is 5. The van der Waals surface area contributed by atoms with E-state index in [9.17, 15) is 4.79 Å². The summed E-state index contributed by atoms with van der Waals surface area (Å²) in [5.74, 6) is 0.794. The van der Waals surface area contributed by atoms with E-state index in [0.717, 1.165) is 16.8 Å². The van der Waals surface area contributed by atoms with Crippen LogP contribution in [0.2, 0.25) is 5.02 Å². The van der Waals surface area contributed by atoms with Crippen LogP contribution in [0.5, 0.6) is 0 Å². The molecule has 0 saturated heterocycles. The maximum absolute atomic E-state index is 12.6. The lowest BCUT2D eigenvalue weighted by Gasteiger charge is -2.15. The van der Waals surface area contributed by atoms with Crippen LogP contribution in [0.15, 0.2) is 84.3 Å². The fourth-order valence-electron chi connectivity index (χ4n) is 3.18. The number of aromatic nitrogens is 4. The van der Waals surface area contributed by atoms with Crippen molar-refractivity contribution in [1.82, 2.24) is 25.1 Å². The first-order valence-corrected chi connectivity index (χ1v) is 11.1. The highest BCUT2D eigenvalue weighted by atomic mass is 35.5. The highest BCUT2D eigenvalue weighted by molar-refractivity contribution is 7.99. The fraction of sp³-hybridized carbons (Fsp3) is 0.130. The standard InChI is InChI=1S/C23H20ClN5OS/c1-16(19-9-5-6-10-20(19)24)26-21(30)15-31-23-28-27-22(17-11-13-25-14-12-17)29(23)18-7-3-2-4-8-18/h2-14,16H,15H2,1H3,(H,26,30). The lowest BCUT2D eigenvalue weighted by molar-refractivity contribution is -0.119. The SMILES string of the molecule is CC(NC(=O)CSc1nnc(-c2ccncc2)n1-c1ccccc1)c1ccccc1Cl. The van der Waals surface area contributed by atoms with Gasteiger partial charge in [0.15, 0.2) is 11.0 Å². The molecule has 2 aromatic heterocycles. The zero-order chi connectivity index (χ0) is 21.6. The summed E-state index contributed by atoms with van der Waals surface area (Å²) in [6.45, 7) is 1.91. The highest BCUT2D eigenvalue weighted by Crippen LogP contribution is 2.28. The smallest absolute Gasteiger partial charge is 0.230 e. The minimum atomic E-state index is -0.193. The van der Waals surface area contributed by atoms with E-state index < -0.39 is 0 Å². The van der Waals surface area contributed by atoms with Crippen LogP contribution >= 0.6 is 23.4 Å². The monoisotopic (exact) mass is 449 g/mol.